The average molecular weight is 491 g/mol. The Kier molecular flexibility index (Phi) is 7.53. The Morgan fingerprint density at radius 2 is 1.47 bits per heavy atom. The third-order valence-corrected chi connectivity index (χ3v) is 5.51. The van der Waals surface area contributed by atoms with E-state index in [0.29, 0.717) is 39.3 Å². The molecule has 0 unspecified atom stereocenters. The van der Waals surface area contributed by atoms with Crippen molar-refractivity contribution in [1.82, 2.24) is 4.98 Å². The van der Waals surface area contributed by atoms with Gasteiger partial charge >= 0.3 is 0 Å². The Morgan fingerprint density at radius 1 is 0.778 bits per heavy atom. The highest BCUT2D eigenvalue weighted by Gasteiger charge is 2.15. The highest BCUT2D eigenvalue weighted by Crippen LogP contribution is 2.37. The molecule has 4 aromatic rings. The first-order chi connectivity index (χ1) is 17.4. The van der Waals surface area contributed by atoms with Crippen molar-refractivity contribution in [1.29, 1.82) is 0 Å². The van der Waals surface area contributed by atoms with Crippen LogP contribution in [-0.2, 0) is 22.4 Å². The molecule has 1 aromatic heterocycles. The fourth-order valence-corrected chi connectivity index (χ4v) is 3.84. The van der Waals surface area contributed by atoms with Gasteiger partial charge in [-0.2, -0.15) is 0 Å². The first-order valence-corrected chi connectivity index (χ1v) is 11.1. The number of nitrogens with zero attached hydrogens (tertiary/aromatic N) is 1. The number of methoxy groups -OCH3 is 2. The molecule has 0 atom stereocenters. The summed E-state index contributed by atoms with van der Waals surface area (Å²) < 4.78 is 44.6. The molecule has 3 aromatic carbocycles. The number of pyridine rings is 1. The minimum absolute atomic E-state index is 0.0318. The number of rotatable bonds is 10. The minimum atomic E-state index is -0.656. The maximum atomic E-state index is 14.8. The summed E-state index contributed by atoms with van der Waals surface area (Å²) in [5.74, 6) is -0.469. The summed E-state index contributed by atoms with van der Waals surface area (Å²) >= 11 is 0. The Morgan fingerprint density at radius 3 is 2.14 bits per heavy atom. The zero-order chi connectivity index (χ0) is 25.7. The van der Waals surface area contributed by atoms with Crippen LogP contribution in [0.5, 0.6) is 23.0 Å². The molecule has 0 radical (unpaired) electrons. The summed E-state index contributed by atoms with van der Waals surface area (Å²) in [6.07, 6.45) is 1.07. The molecule has 0 aliphatic rings. The van der Waals surface area contributed by atoms with E-state index in [4.69, 9.17) is 14.2 Å². The van der Waals surface area contributed by atoms with Crippen LogP contribution in [0.25, 0.3) is 10.9 Å². The molecule has 0 fully saturated rings. The third kappa shape index (κ3) is 5.83. The van der Waals surface area contributed by atoms with Gasteiger partial charge in [-0.25, -0.2) is 8.78 Å². The number of aromatic nitrogens is 1. The summed E-state index contributed by atoms with van der Waals surface area (Å²) in [4.78, 5) is 28.8. The largest absolute Gasteiger partial charge is 0.493 e. The van der Waals surface area contributed by atoms with E-state index in [1.165, 1.54) is 50.7 Å². The monoisotopic (exact) mass is 491 g/mol. The Hall–Kier alpha value is -4.33. The van der Waals surface area contributed by atoms with Crippen molar-refractivity contribution >= 4 is 22.5 Å². The number of ketones is 2. The SMILES string of the molecule is COc1cc2nccc(Oc3ccc(CC(=O)CC(=O)Cc4cccc(F)c4)cc3F)c2cc1OC. The van der Waals surface area contributed by atoms with Crippen LogP contribution in [0.15, 0.2) is 66.9 Å². The zero-order valence-corrected chi connectivity index (χ0v) is 19.7. The third-order valence-electron chi connectivity index (χ3n) is 5.51. The lowest BCUT2D eigenvalue weighted by atomic mass is 10.0. The first kappa shape index (κ1) is 24.8. The van der Waals surface area contributed by atoms with E-state index in [1.807, 2.05) is 0 Å². The summed E-state index contributed by atoms with van der Waals surface area (Å²) in [6, 6.07) is 14.9. The van der Waals surface area contributed by atoms with E-state index in [9.17, 15) is 18.4 Å². The molecule has 0 aliphatic heterocycles. The molecule has 4 rings (SSSR count). The van der Waals surface area contributed by atoms with Gasteiger partial charge in [-0.15, -0.1) is 0 Å². The number of fused-ring (bicyclic) bond motifs is 1. The normalized spacial score (nSPS) is 10.8. The Labute approximate surface area is 206 Å². The number of hydrogen-bond acceptors (Lipinski definition) is 6. The van der Waals surface area contributed by atoms with E-state index < -0.39 is 11.6 Å². The molecule has 0 spiro atoms. The van der Waals surface area contributed by atoms with Crippen molar-refractivity contribution in [2.24, 2.45) is 0 Å². The van der Waals surface area contributed by atoms with Gasteiger partial charge in [-0.3, -0.25) is 14.6 Å². The van der Waals surface area contributed by atoms with Crippen molar-refractivity contribution in [2.45, 2.75) is 19.3 Å². The van der Waals surface area contributed by atoms with Gasteiger partial charge in [0.25, 0.3) is 0 Å². The number of benzene rings is 3. The van der Waals surface area contributed by atoms with Crippen molar-refractivity contribution in [3.05, 3.63) is 89.6 Å². The van der Waals surface area contributed by atoms with Gasteiger partial charge in [0.1, 0.15) is 23.1 Å². The second-order valence-corrected chi connectivity index (χ2v) is 8.14. The maximum Gasteiger partial charge on any atom is 0.166 e. The fraction of sp³-hybridized carbons (Fsp3) is 0.179. The van der Waals surface area contributed by atoms with E-state index in [1.54, 1.807) is 30.3 Å². The molecular formula is C28H23F2NO5. The average Bonchev–Trinajstić information content (AvgIpc) is 2.84. The van der Waals surface area contributed by atoms with Crippen LogP contribution in [0.1, 0.15) is 17.5 Å². The molecule has 184 valence electrons. The molecule has 0 amide bonds. The topological polar surface area (TPSA) is 74.7 Å². The number of carbonyl (C=O) groups excluding carboxylic acids is 2. The van der Waals surface area contributed by atoms with Gasteiger partial charge in [0.2, 0.25) is 0 Å². The lowest BCUT2D eigenvalue weighted by Gasteiger charge is -2.13. The smallest absolute Gasteiger partial charge is 0.166 e. The van der Waals surface area contributed by atoms with Crippen molar-refractivity contribution in [3.63, 3.8) is 0 Å². The summed E-state index contributed by atoms with van der Waals surface area (Å²) in [5.41, 5.74) is 1.49. The van der Waals surface area contributed by atoms with Crippen LogP contribution in [0.2, 0.25) is 0 Å². The molecule has 0 N–H and O–H groups in total. The second kappa shape index (κ2) is 10.9. The van der Waals surface area contributed by atoms with Crippen LogP contribution >= 0.6 is 0 Å². The van der Waals surface area contributed by atoms with Crippen LogP contribution in [-0.4, -0.2) is 30.8 Å². The molecule has 0 bridgehead atoms. The molecule has 36 heavy (non-hydrogen) atoms. The van der Waals surface area contributed by atoms with Gasteiger partial charge in [0.05, 0.1) is 26.2 Å². The van der Waals surface area contributed by atoms with Crippen molar-refractivity contribution in [2.75, 3.05) is 14.2 Å². The number of halogens is 2. The van der Waals surface area contributed by atoms with E-state index in [-0.39, 0.29) is 36.6 Å². The number of ether oxygens (including phenoxy) is 3. The fourth-order valence-electron chi connectivity index (χ4n) is 3.84. The Balaban J connectivity index is 1.44. The summed E-state index contributed by atoms with van der Waals surface area (Å²) in [7, 11) is 3.03. The second-order valence-electron chi connectivity index (χ2n) is 8.14. The van der Waals surface area contributed by atoms with Gasteiger partial charge in [-0.1, -0.05) is 18.2 Å². The first-order valence-electron chi connectivity index (χ1n) is 11.1. The lowest BCUT2D eigenvalue weighted by molar-refractivity contribution is -0.126. The van der Waals surface area contributed by atoms with Crippen LogP contribution in [0.3, 0.4) is 0 Å². The molecule has 0 saturated carbocycles. The number of carbonyl (C=O) groups is 2. The van der Waals surface area contributed by atoms with E-state index in [2.05, 4.69) is 4.98 Å². The van der Waals surface area contributed by atoms with Gasteiger partial charge in [-0.05, 0) is 47.5 Å². The Bertz CT molecular complexity index is 1440. The summed E-state index contributed by atoms with van der Waals surface area (Å²) in [5, 5.41) is 0.602. The summed E-state index contributed by atoms with van der Waals surface area (Å²) in [6.45, 7) is 0. The van der Waals surface area contributed by atoms with Crippen LogP contribution < -0.4 is 14.2 Å². The minimum Gasteiger partial charge on any atom is -0.493 e. The molecular weight excluding hydrogens is 468 g/mol. The van der Waals surface area contributed by atoms with E-state index in [0.717, 1.165) is 0 Å². The maximum absolute atomic E-state index is 14.8. The predicted molar refractivity (Wildman–Crippen MR) is 130 cm³/mol. The number of hydrogen-bond donors (Lipinski definition) is 0. The van der Waals surface area contributed by atoms with Gasteiger partial charge in [0.15, 0.2) is 23.1 Å². The molecule has 0 aliphatic carbocycles. The highest BCUT2D eigenvalue weighted by atomic mass is 19.1. The standard InChI is InChI=1S/C28H23F2NO5/c1-34-27-15-22-24(16-28(27)35-2)31-9-8-25(22)36-26-7-6-18(13-23(26)30)12-21(33)14-20(32)11-17-4-3-5-19(29)10-17/h3-10,13,15-16H,11-12,14H2,1-2H3. The molecule has 8 heteroatoms. The molecule has 6 nitrogen and oxygen atoms in total. The van der Waals surface area contributed by atoms with Crippen molar-refractivity contribution in [3.8, 4) is 23.0 Å². The van der Waals surface area contributed by atoms with E-state index >= 15 is 0 Å². The predicted octanol–water partition coefficient (Wildman–Crippen LogP) is 5.64. The zero-order valence-electron chi connectivity index (χ0n) is 19.7. The highest BCUT2D eigenvalue weighted by molar-refractivity contribution is 6.00. The van der Waals surface area contributed by atoms with Crippen LogP contribution in [0.4, 0.5) is 8.78 Å². The van der Waals surface area contributed by atoms with Gasteiger partial charge < -0.3 is 14.2 Å². The lowest BCUT2D eigenvalue weighted by Crippen LogP contribution is -2.12. The number of Topliss-reactive ketones (excluding diaryl/α,β-unsaturated/α-hetero) is 2. The molecule has 1 heterocycles. The molecule has 0 saturated heterocycles. The quantitative estimate of drug-likeness (QED) is 0.268. The van der Waals surface area contributed by atoms with Crippen LogP contribution in [0, 0.1) is 11.6 Å². The van der Waals surface area contributed by atoms with Gasteiger partial charge in [0, 0.05) is 30.5 Å². The van der Waals surface area contributed by atoms with Crippen molar-refractivity contribution < 1.29 is 32.6 Å².